The van der Waals surface area contributed by atoms with Gasteiger partial charge < -0.3 is 9.64 Å². The third-order valence-corrected chi connectivity index (χ3v) is 3.89. The van der Waals surface area contributed by atoms with Crippen LogP contribution in [0.2, 0.25) is 0 Å². The molecule has 2 aromatic heterocycles. The van der Waals surface area contributed by atoms with Crippen LogP contribution in [0.25, 0.3) is 11.0 Å². The molecule has 1 saturated heterocycles. The van der Waals surface area contributed by atoms with Gasteiger partial charge in [0.25, 0.3) is 11.5 Å². The maximum Gasteiger partial charge on any atom is 0.329 e. The van der Waals surface area contributed by atoms with Crippen LogP contribution in [0.5, 0.6) is 0 Å². The number of ether oxygens (including phenoxy) is 1. The molecule has 3 heterocycles. The molecule has 3 rings (SSSR count). The Bertz CT molecular complexity index is 875. The lowest BCUT2D eigenvalue weighted by Gasteiger charge is -2.35. The minimum absolute atomic E-state index is 0.0460. The number of amides is 1. The van der Waals surface area contributed by atoms with Gasteiger partial charge in [0.1, 0.15) is 11.3 Å². The monoisotopic (exact) mass is 318 g/mol. The molecule has 0 radical (unpaired) electrons. The number of pyridine rings is 1. The summed E-state index contributed by atoms with van der Waals surface area (Å²) in [5.74, 6) is -0.235. The van der Waals surface area contributed by atoms with Crippen LogP contribution in [0.3, 0.4) is 0 Å². The first-order chi connectivity index (χ1) is 10.9. The van der Waals surface area contributed by atoms with Crippen LogP contribution in [0, 0.1) is 0 Å². The number of H-pyrrole nitrogens is 1. The Morgan fingerprint density at radius 1 is 1.26 bits per heavy atom. The van der Waals surface area contributed by atoms with Crippen molar-refractivity contribution in [3.8, 4) is 0 Å². The second kappa shape index (κ2) is 5.62. The van der Waals surface area contributed by atoms with Crippen molar-refractivity contribution in [2.45, 2.75) is 26.1 Å². The Hall–Kier alpha value is -2.48. The molecule has 1 fully saturated rings. The topological polar surface area (TPSA) is 97.3 Å². The van der Waals surface area contributed by atoms with Crippen molar-refractivity contribution in [1.29, 1.82) is 0 Å². The van der Waals surface area contributed by atoms with Gasteiger partial charge in [-0.2, -0.15) is 0 Å². The minimum Gasteiger partial charge on any atom is -0.372 e. The lowest BCUT2D eigenvalue weighted by Crippen LogP contribution is -2.48. The van der Waals surface area contributed by atoms with E-state index in [1.165, 1.54) is 23.7 Å². The van der Waals surface area contributed by atoms with Gasteiger partial charge in [0.15, 0.2) is 0 Å². The molecule has 0 spiro atoms. The van der Waals surface area contributed by atoms with Crippen LogP contribution in [0.1, 0.15) is 24.3 Å². The molecular weight excluding hydrogens is 300 g/mol. The first-order valence-corrected chi connectivity index (χ1v) is 7.41. The summed E-state index contributed by atoms with van der Waals surface area (Å²) >= 11 is 0. The molecule has 0 saturated carbocycles. The van der Waals surface area contributed by atoms with Crippen LogP contribution < -0.4 is 11.2 Å². The average Bonchev–Trinajstić information content (AvgIpc) is 2.50. The molecule has 2 atom stereocenters. The van der Waals surface area contributed by atoms with Gasteiger partial charge in [0.05, 0.1) is 17.6 Å². The van der Waals surface area contributed by atoms with Crippen molar-refractivity contribution in [3.05, 3.63) is 38.7 Å². The van der Waals surface area contributed by atoms with Crippen LogP contribution in [0.4, 0.5) is 0 Å². The Morgan fingerprint density at radius 3 is 2.57 bits per heavy atom. The molecule has 2 aromatic rings. The molecule has 8 heteroatoms. The maximum atomic E-state index is 12.7. The molecule has 1 amide bonds. The van der Waals surface area contributed by atoms with Crippen molar-refractivity contribution in [2.24, 2.45) is 7.05 Å². The predicted octanol–water partition coefficient (Wildman–Crippen LogP) is -0.129. The second-order valence-corrected chi connectivity index (χ2v) is 5.85. The quantitative estimate of drug-likeness (QED) is 0.790. The molecule has 1 N–H and O–H groups in total. The number of rotatable bonds is 1. The van der Waals surface area contributed by atoms with Crippen LogP contribution in [-0.4, -0.2) is 50.6 Å². The number of aromatic nitrogens is 3. The number of nitrogens with zero attached hydrogens (tertiary/aromatic N) is 3. The predicted molar refractivity (Wildman–Crippen MR) is 83.5 cm³/mol. The van der Waals surface area contributed by atoms with Crippen LogP contribution in [-0.2, 0) is 11.8 Å². The normalized spacial score (nSPS) is 21.6. The fourth-order valence-electron chi connectivity index (χ4n) is 2.85. The Balaban J connectivity index is 2.03. The van der Waals surface area contributed by atoms with E-state index in [1.807, 2.05) is 13.8 Å². The number of fused-ring (bicyclic) bond motifs is 1. The number of carbonyl (C=O) groups is 1. The van der Waals surface area contributed by atoms with E-state index in [4.69, 9.17) is 4.74 Å². The first kappa shape index (κ1) is 15.4. The summed E-state index contributed by atoms with van der Waals surface area (Å²) in [5, 5.41) is 0.271. The number of morpholine rings is 1. The highest BCUT2D eigenvalue weighted by molar-refractivity contribution is 5.94. The number of hydrogen-bond acceptors (Lipinski definition) is 5. The number of hydrogen-bond donors (Lipinski definition) is 1. The summed E-state index contributed by atoms with van der Waals surface area (Å²) in [4.78, 5) is 44.2. The number of aryl methyl sites for hydroxylation is 1. The molecule has 0 bridgehead atoms. The Labute approximate surface area is 131 Å². The number of carbonyl (C=O) groups excluding carboxylic acids is 1. The van der Waals surface area contributed by atoms with E-state index in [-0.39, 0.29) is 34.8 Å². The average molecular weight is 318 g/mol. The highest BCUT2D eigenvalue weighted by Gasteiger charge is 2.27. The maximum absolute atomic E-state index is 12.7. The highest BCUT2D eigenvalue weighted by Crippen LogP contribution is 2.14. The fraction of sp³-hybridized carbons (Fsp3) is 0.467. The van der Waals surface area contributed by atoms with Gasteiger partial charge >= 0.3 is 5.69 Å². The highest BCUT2D eigenvalue weighted by atomic mass is 16.5. The molecule has 0 aromatic carbocycles. The third kappa shape index (κ3) is 2.77. The van der Waals surface area contributed by atoms with Crippen LogP contribution >= 0.6 is 0 Å². The summed E-state index contributed by atoms with van der Waals surface area (Å²) in [6.07, 6.45) is -0.0919. The zero-order valence-electron chi connectivity index (χ0n) is 13.2. The zero-order chi connectivity index (χ0) is 16.7. The standard InChI is InChI=1S/C15H18N4O4/c1-8-6-19(7-9(2)23-8)14(21)11-5-4-10-12(16-11)18(3)15(22)17-13(10)20/h4-5,8-9H,6-7H2,1-3H3,(H,17,20,22)/t8-,9-/m1/s1. The van der Waals surface area contributed by atoms with Gasteiger partial charge in [0.2, 0.25) is 0 Å². The van der Waals surface area contributed by atoms with Gasteiger partial charge in [-0.05, 0) is 26.0 Å². The number of aromatic amines is 1. The third-order valence-electron chi connectivity index (χ3n) is 3.89. The minimum atomic E-state index is -0.562. The van der Waals surface area contributed by atoms with Crippen LogP contribution in [0.15, 0.2) is 21.7 Å². The Kier molecular flexibility index (Phi) is 3.77. The van der Waals surface area contributed by atoms with E-state index in [2.05, 4.69) is 9.97 Å². The van der Waals surface area contributed by atoms with Gasteiger partial charge in [-0.1, -0.05) is 0 Å². The molecule has 122 valence electrons. The SMILES string of the molecule is C[C@@H]1CN(C(=O)c2ccc3c(=O)[nH]c(=O)n(C)c3n2)C[C@@H](C)O1. The van der Waals surface area contributed by atoms with Crippen molar-refractivity contribution in [2.75, 3.05) is 13.1 Å². The van der Waals surface area contributed by atoms with Gasteiger partial charge in [-0.15, -0.1) is 0 Å². The molecule has 8 nitrogen and oxygen atoms in total. The summed E-state index contributed by atoms with van der Waals surface area (Å²) in [6.45, 7) is 4.79. The van der Waals surface area contributed by atoms with Crippen molar-refractivity contribution < 1.29 is 9.53 Å². The smallest absolute Gasteiger partial charge is 0.329 e. The summed E-state index contributed by atoms with van der Waals surface area (Å²) < 4.78 is 6.84. The van der Waals surface area contributed by atoms with E-state index < -0.39 is 11.2 Å². The lowest BCUT2D eigenvalue weighted by atomic mass is 10.2. The summed E-state index contributed by atoms with van der Waals surface area (Å²) in [7, 11) is 1.50. The molecule has 23 heavy (non-hydrogen) atoms. The van der Waals surface area contributed by atoms with E-state index >= 15 is 0 Å². The van der Waals surface area contributed by atoms with Gasteiger partial charge in [0, 0.05) is 20.1 Å². The molecule has 0 aliphatic carbocycles. The number of nitrogens with one attached hydrogen (secondary N) is 1. The molecule has 0 unspecified atom stereocenters. The largest absolute Gasteiger partial charge is 0.372 e. The van der Waals surface area contributed by atoms with Crippen molar-refractivity contribution in [1.82, 2.24) is 19.4 Å². The summed E-state index contributed by atoms with van der Waals surface area (Å²) in [6, 6.07) is 3.02. The van der Waals surface area contributed by atoms with Crippen molar-refractivity contribution in [3.63, 3.8) is 0 Å². The van der Waals surface area contributed by atoms with Crippen molar-refractivity contribution >= 4 is 16.9 Å². The first-order valence-electron chi connectivity index (χ1n) is 7.41. The fourth-order valence-corrected chi connectivity index (χ4v) is 2.85. The summed E-state index contributed by atoms with van der Waals surface area (Å²) in [5.41, 5.74) is -0.671. The van der Waals surface area contributed by atoms with Gasteiger partial charge in [-0.3, -0.25) is 19.1 Å². The van der Waals surface area contributed by atoms with E-state index in [1.54, 1.807) is 4.90 Å². The Morgan fingerprint density at radius 2 is 1.91 bits per heavy atom. The van der Waals surface area contributed by atoms with E-state index in [0.29, 0.717) is 13.1 Å². The molecular formula is C15H18N4O4. The second-order valence-electron chi connectivity index (χ2n) is 5.85. The molecule has 1 aliphatic rings. The lowest BCUT2D eigenvalue weighted by molar-refractivity contribution is -0.0587. The molecule has 1 aliphatic heterocycles. The van der Waals surface area contributed by atoms with E-state index in [9.17, 15) is 14.4 Å². The zero-order valence-corrected chi connectivity index (χ0v) is 13.2. The van der Waals surface area contributed by atoms with E-state index in [0.717, 1.165) is 0 Å². The van der Waals surface area contributed by atoms with Gasteiger partial charge in [-0.25, -0.2) is 9.78 Å².